The third-order valence-electron chi connectivity index (χ3n) is 5.85. The Hall–Kier alpha value is -2.84. The lowest BCUT2D eigenvalue weighted by atomic mass is 10.1. The second-order valence-corrected chi connectivity index (χ2v) is 7.66. The zero-order chi connectivity index (χ0) is 19.8. The minimum absolute atomic E-state index is 0.275. The van der Waals surface area contributed by atoms with Gasteiger partial charge >= 0.3 is 0 Å². The van der Waals surface area contributed by atoms with Crippen LogP contribution in [0.15, 0.2) is 30.3 Å². The van der Waals surface area contributed by atoms with Crippen molar-refractivity contribution in [1.29, 1.82) is 0 Å². The third-order valence-corrected chi connectivity index (χ3v) is 5.85. The van der Waals surface area contributed by atoms with Crippen molar-refractivity contribution in [3.63, 3.8) is 0 Å². The lowest BCUT2D eigenvalue weighted by Gasteiger charge is -2.31. The molecule has 0 aliphatic carbocycles. The van der Waals surface area contributed by atoms with Crippen molar-refractivity contribution >= 4 is 22.8 Å². The van der Waals surface area contributed by atoms with E-state index >= 15 is 0 Å². The molecule has 2 aromatic heterocycles. The first-order valence-corrected chi connectivity index (χ1v) is 10.3. The Kier molecular flexibility index (Phi) is 4.73. The molecule has 2 aliphatic heterocycles. The summed E-state index contributed by atoms with van der Waals surface area (Å²) in [5, 5.41) is 18.3. The fraction of sp³-hybridized carbons (Fsp3) is 0.429. The molecule has 3 N–H and O–H groups in total. The third kappa shape index (κ3) is 3.28. The summed E-state index contributed by atoms with van der Waals surface area (Å²) in [5.41, 5.74) is 2.66. The van der Waals surface area contributed by atoms with E-state index in [4.69, 9.17) is 9.97 Å². The fourth-order valence-electron chi connectivity index (χ4n) is 4.24. The van der Waals surface area contributed by atoms with Crippen molar-refractivity contribution in [2.24, 2.45) is 7.05 Å². The van der Waals surface area contributed by atoms with E-state index in [-0.39, 0.29) is 5.75 Å². The number of phenols is 1. The molecule has 0 atom stereocenters. The number of rotatable bonds is 3. The fourth-order valence-corrected chi connectivity index (χ4v) is 4.24. The van der Waals surface area contributed by atoms with Crippen molar-refractivity contribution in [2.75, 3.05) is 62.2 Å². The number of para-hydroxylation sites is 1. The van der Waals surface area contributed by atoms with Crippen LogP contribution in [0.25, 0.3) is 22.3 Å². The molecule has 0 amide bonds. The second kappa shape index (κ2) is 7.53. The van der Waals surface area contributed by atoms with Gasteiger partial charge in [-0.2, -0.15) is 9.97 Å². The molecule has 2 aliphatic rings. The number of anilines is 2. The average Bonchev–Trinajstić information content (AvgIpc) is 3.11. The number of nitrogens with one attached hydrogen (secondary N) is 2. The average molecular weight is 393 g/mol. The Morgan fingerprint density at radius 2 is 1.55 bits per heavy atom. The van der Waals surface area contributed by atoms with Crippen molar-refractivity contribution in [3.8, 4) is 17.0 Å². The van der Waals surface area contributed by atoms with Gasteiger partial charge in [0.1, 0.15) is 17.2 Å². The van der Waals surface area contributed by atoms with Crippen LogP contribution in [0.1, 0.15) is 0 Å². The first kappa shape index (κ1) is 18.2. The van der Waals surface area contributed by atoms with E-state index in [1.165, 1.54) is 0 Å². The van der Waals surface area contributed by atoms with Crippen LogP contribution in [0.5, 0.6) is 5.75 Å². The maximum Gasteiger partial charge on any atom is 0.229 e. The van der Waals surface area contributed by atoms with Crippen molar-refractivity contribution in [3.05, 3.63) is 30.3 Å². The van der Waals surface area contributed by atoms with Gasteiger partial charge in [-0.1, -0.05) is 12.1 Å². The van der Waals surface area contributed by atoms with Gasteiger partial charge in [0.15, 0.2) is 0 Å². The molecule has 0 unspecified atom stereocenters. The number of aryl methyl sites for hydroxylation is 1. The Bertz CT molecular complexity index is 1020. The molecular weight excluding hydrogens is 366 g/mol. The Balaban J connectivity index is 1.69. The van der Waals surface area contributed by atoms with Gasteiger partial charge < -0.3 is 30.1 Å². The van der Waals surface area contributed by atoms with Crippen LogP contribution in [-0.4, -0.2) is 72.0 Å². The van der Waals surface area contributed by atoms with Gasteiger partial charge in [-0.05, 0) is 18.2 Å². The Morgan fingerprint density at radius 3 is 2.24 bits per heavy atom. The highest BCUT2D eigenvalue weighted by Gasteiger charge is 2.23. The molecule has 8 nitrogen and oxygen atoms in total. The quantitative estimate of drug-likeness (QED) is 0.616. The molecule has 1 aromatic carbocycles. The van der Waals surface area contributed by atoms with E-state index in [9.17, 15) is 5.11 Å². The van der Waals surface area contributed by atoms with Crippen LogP contribution < -0.4 is 20.4 Å². The highest BCUT2D eigenvalue weighted by Crippen LogP contribution is 2.36. The summed E-state index contributed by atoms with van der Waals surface area (Å²) in [6.07, 6.45) is 0. The van der Waals surface area contributed by atoms with E-state index in [2.05, 4.69) is 31.1 Å². The zero-order valence-corrected chi connectivity index (χ0v) is 16.7. The van der Waals surface area contributed by atoms with E-state index < -0.39 is 0 Å². The van der Waals surface area contributed by atoms with Crippen LogP contribution in [-0.2, 0) is 7.05 Å². The number of piperazine rings is 2. The Labute approximate surface area is 170 Å². The molecule has 0 spiro atoms. The summed E-state index contributed by atoms with van der Waals surface area (Å²) in [6.45, 7) is 7.46. The van der Waals surface area contributed by atoms with Crippen molar-refractivity contribution < 1.29 is 5.11 Å². The van der Waals surface area contributed by atoms with Crippen LogP contribution in [0, 0.1) is 0 Å². The van der Waals surface area contributed by atoms with E-state index in [0.29, 0.717) is 0 Å². The molecule has 2 fully saturated rings. The first-order valence-electron chi connectivity index (χ1n) is 10.3. The SMILES string of the molecule is Cn1c(-c2ccccc2O)cc2c(N3CCNCC3)nc(N3CCNCC3)nc21. The lowest BCUT2D eigenvalue weighted by Crippen LogP contribution is -2.45. The lowest BCUT2D eigenvalue weighted by molar-refractivity contribution is 0.477. The highest BCUT2D eigenvalue weighted by atomic mass is 16.3. The minimum atomic E-state index is 0.275. The van der Waals surface area contributed by atoms with Crippen LogP contribution in [0.3, 0.4) is 0 Å². The van der Waals surface area contributed by atoms with Gasteiger partial charge in [-0.15, -0.1) is 0 Å². The topological polar surface area (TPSA) is 81.5 Å². The van der Waals surface area contributed by atoms with E-state index in [1.807, 2.05) is 25.2 Å². The molecule has 0 bridgehead atoms. The standard InChI is InChI=1S/C21H27N7O/c1-26-17(15-4-2-3-5-18(15)29)14-16-19(26)24-21(28-12-8-23-9-13-28)25-20(16)27-10-6-22-7-11-27/h2-5,14,22-23,29H,6-13H2,1H3. The predicted molar refractivity (Wildman–Crippen MR) is 116 cm³/mol. The molecule has 29 heavy (non-hydrogen) atoms. The molecule has 5 rings (SSSR count). The van der Waals surface area contributed by atoms with Crippen LogP contribution in [0.2, 0.25) is 0 Å². The second-order valence-electron chi connectivity index (χ2n) is 7.66. The van der Waals surface area contributed by atoms with Gasteiger partial charge in [0.25, 0.3) is 0 Å². The maximum absolute atomic E-state index is 10.4. The van der Waals surface area contributed by atoms with Crippen molar-refractivity contribution in [2.45, 2.75) is 0 Å². The molecule has 8 heteroatoms. The summed E-state index contributed by atoms with van der Waals surface area (Å²) >= 11 is 0. The monoisotopic (exact) mass is 393 g/mol. The largest absolute Gasteiger partial charge is 0.507 e. The number of hydrogen-bond acceptors (Lipinski definition) is 7. The highest BCUT2D eigenvalue weighted by molar-refractivity contribution is 5.94. The van der Waals surface area contributed by atoms with Gasteiger partial charge in [0.2, 0.25) is 5.95 Å². The zero-order valence-electron chi connectivity index (χ0n) is 16.7. The Morgan fingerprint density at radius 1 is 0.897 bits per heavy atom. The summed E-state index contributed by atoms with van der Waals surface area (Å²) in [4.78, 5) is 14.6. The molecule has 3 aromatic rings. The molecule has 152 valence electrons. The molecule has 2 saturated heterocycles. The van der Waals surface area contributed by atoms with Crippen LogP contribution >= 0.6 is 0 Å². The molecule has 0 radical (unpaired) electrons. The summed E-state index contributed by atoms with van der Waals surface area (Å²) in [7, 11) is 2.01. The number of hydrogen-bond donors (Lipinski definition) is 3. The number of nitrogens with zero attached hydrogens (tertiary/aromatic N) is 5. The van der Waals surface area contributed by atoms with Gasteiger partial charge in [-0.3, -0.25) is 0 Å². The summed E-state index contributed by atoms with van der Waals surface area (Å²) in [6, 6.07) is 9.57. The molecule has 4 heterocycles. The van der Waals surface area contributed by atoms with Crippen molar-refractivity contribution in [1.82, 2.24) is 25.2 Å². The summed E-state index contributed by atoms with van der Waals surface area (Å²) in [5.74, 6) is 2.05. The van der Waals surface area contributed by atoms with Gasteiger partial charge in [-0.25, -0.2) is 0 Å². The molecule has 0 saturated carbocycles. The first-order chi connectivity index (χ1) is 14.2. The number of aromatic nitrogens is 3. The predicted octanol–water partition coefficient (Wildman–Crippen LogP) is 1.16. The maximum atomic E-state index is 10.4. The van der Waals surface area contributed by atoms with E-state index in [1.54, 1.807) is 6.07 Å². The molecular formula is C21H27N7O. The smallest absolute Gasteiger partial charge is 0.229 e. The number of benzene rings is 1. The number of fused-ring (bicyclic) bond motifs is 1. The normalized spacial score (nSPS) is 17.8. The van der Waals surface area contributed by atoms with Gasteiger partial charge in [0, 0.05) is 65.0 Å². The minimum Gasteiger partial charge on any atom is -0.507 e. The van der Waals surface area contributed by atoms with Gasteiger partial charge in [0.05, 0.1) is 11.1 Å². The van der Waals surface area contributed by atoms with E-state index in [0.717, 1.165) is 86.4 Å². The van der Waals surface area contributed by atoms with Crippen LogP contribution in [0.4, 0.5) is 11.8 Å². The summed E-state index contributed by atoms with van der Waals surface area (Å²) < 4.78 is 2.07. The number of phenolic OH excluding ortho intramolecular Hbond substituents is 1. The number of aromatic hydroxyl groups is 1.